The van der Waals surface area contributed by atoms with Gasteiger partial charge in [0.2, 0.25) is 0 Å². The lowest BCUT2D eigenvalue weighted by Gasteiger charge is -2.27. The second-order valence-electron chi connectivity index (χ2n) is 6.63. The Labute approximate surface area is 159 Å². The van der Waals surface area contributed by atoms with Gasteiger partial charge in [-0.1, -0.05) is 13.8 Å². The van der Waals surface area contributed by atoms with Gasteiger partial charge in [0.15, 0.2) is 5.82 Å². The number of aromatic nitrogens is 3. The summed E-state index contributed by atoms with van der Waals surface area (Å²) in [5.74, 6) is 0.183. The Morgan fingerprint density at radius 1 is 1.19 bits per heavy atom. The van der Waals surface area contributed by atoms with E-state index in [9.17, 15) is 4.79 Å². The normalized spacial score (nSPS) is 16.7. The molecule has 142 valence electrons. The monoisotopic (exact) mass is 366 g/mol. The zero-order valence-electron chi connectivity index (χ0n) is 16.5. The number of rotatable bonds is 6. The Balaban J connectivity index is 2.01. The van der Waals surface area contributed by atoms with Crippen LogP contribution < -0.4 is 5.43 Å². The predicted octanol–water partition coefficient (Wildman–Crippen LogP) is 2.74. The van der Waals surface area contributed by atoms with Gasteiger partial charge in [0.05, 0.1) is 5.57 Å². The maximum absolute atomic E-state index is 12.3. The maximum atomic E-state index is 12.3. The van der Waals surface area contributed by atoms with Gasteiger partial charge in [-0.25, -0.2) is 15.4 Å². The number of hydrazone groups is 1. The van der Waals surface area contributed by atoms with Gasteiger partial charge in [-0.3, -0.25) is 9.69 Å². The third-order valence-electron chi connectivity index (χ3n) is 5.15. The fourth-order valence-corrected chi connectivity index (χ4v) is 3.72. The molecule has 3 rings (SSSR count). The van der Waals surface area contributed by atoms with Gasteiger partial charge in [0.1, 0.15) is 5.71 Å². The summed E-state index contributed by atoms with van der Waals surface area (Å²) >= 11 is 0. The topological polar surface area (TPSA) is 86.3 Å². The van der Waals surface area contributed by atoms with E-state index in [1.165, 1.54) is 5.56 Å². The summed E-state index contributed by atoms with van der Waals surface area (Å²) in [6.07, 6.45) is 5.12. The highest BCUT2D eigenvalue weighted by molar-refractivity contribution is 6.32. The molecule has 0 fully saturated rings. The fraction of sp³-hybridized carbons (Fsp3) is 0.400. The van der Waals surface area contributed by atoms with Gasteiger partial charge < -0.3 is 4.98 Å². The van der Waals surface area contributed by atoms with Crippen LogP contribution >= 0.6 is 0 Å². The van der Waals surface area contributed by atoms with E-state index in [1.807, 2.05) is 6.08 Å². The Morgan fingerprint density at radius 2 is 1.85 bits per heavy atom. The molecular weight excluding hydrogens is 340 g/mol. The quantitative estimate of drug-likeness (QED) is 0.770. The standard InChI is InChI=1S/C20H26N6O/c1-6-26(7-2)14(5)17-12(3)16(23-13(17)4)11-15-18(24-25-20(15)27)19-21-9-8-10-22-19/h8-11,14,23H,6-7H2,1-5H3,(H,25,27)/b15-11+. The van der Waals surface area contributed by atoms with E-state index in [2.05, 4.69) is 65.0 Å². The van der Waals surface area contributed by atoms with Crippen molar-refractivity contribution >= 4 is 17.7 Å². The number of carbonyl (C=O) groups is 1. The zero-order chi connectivity index (χ0) is 19.6. The highest BCUT2D eigenvalue weighted by atomic mass is 16.2. The van der Waals surface area contributed by atoms with E-state index in [-0.39, 0.29) is 5.91 Å². The van der Waals surface area contributed by atoms with Crippen LogP contribution in [0.4, 0.5) is 0 Å². The summed E-state index contributed by atoms with van der Waals surface area (Å²) in [5.41, 5.74) is 7.90. The minimum absolute atomic E-state index is 0.248. The lowest BCUT2D eigenvalue weighted by Crippen LogP contribution is -2.27. The van der Waals surface area contributed by atoms with Crippen LogP contribution in [0, 0.1) is 13.8 Å². The molecule has 7 heteroatoms. The first-order valence-corrected chi connectivity index (χ1v) is 9.28. The number of aromatic amines is 1. The van der Waals surface area contributed by atoms with Crippen LogP contribution in [0.15, 0.2) is 29.1 Å². The van der Waals surface area contributed by atoms with E-state index >= 15 is 0 Å². The fourth-order valence-electron chi connectivity index (χ4n) is 3.72. The van der Waals surface area contributed by atoms with Crippen LogP contribution in [0.25, 0.3) is 6.08 Å². The molecular formula is C20H26N6O. The molecule has 2 aromatic heterocycles. The molecule has 0 bridgehead atoms. The predicted molar refractivity (Wildman–Crippen MR) is 106 cm³/mol. The van der Waals surface area contributed by atoms with Crippen molar-refractivity contribution in [3.8, 4) is 0 Å². The molecule has 1 unspecified atom stereocenters. The average Bonchev–Trinajstić information content (AvgIpc) is 3.16. The van der Waals surface area contributed by atoms with Gasteiger partial charge in [0.25, 0.3) is 5.91 Å². The van der Waals surface area contributed by atoms with Gasteiger partial charge in [0, 0.05) is 29.8 Å². The SMILES string of the molecule is CCN(CC)C(C)c1c(C)[nH]c(/C=C2/C(=O)NN=C2c2ncccn2)c1C. The van der Waals surface area contributed by atoms with Gasteiger partial charge >= 0.3 is 0 Å². The van der Waals surface area contributed by atoms with Gasteiger partial charge in [-0.15, -0.1) is 0 Å². The molecule has 3 heterocycles. The molecule has 7 nitrogen and oxygen atoms in total. The first-order chi connectivity index (χ1) is 13.0. The van der Waals surface area contributed by atoms with Crippen molar-refractivity contribution in [1.82, 2.24) is 25.3 Å². The van der Waals surface area contributed by atoms with Crippen LogP contribution in [0.2, 0.25) is 0 Å². The van der Waals surface area contributed by atoms with Crippen molar-refractivity contribution < 1.29 is 4.79 Å². The third-order valence-corrected chi connectivity index (χ3v) is 5.15. The summed E-state index contributed by atoms with van der Waals surface area (Å²) < 4.78 is 0. The van der Waals surface area contributed by atoms with Crippen LogP contribution in [0.3, 0.4) is 0 Å². The highest BCUT2D eigenvalue weighted by Crippen LogP contribution is 2.30. The van der Waals surface area contributed by atoms with Crippen LogP contribution in [-0.4, -0.2) is 44.6 Å². The average molecular weight is 366 g/mol. The first-order valence-electron chi connectivity index (χ1n) is 9.28. The molecule has 0 aliphatic carbocycles. The molecule has 1 aliphatic rings. The molecule has 1 atom stereocenters. The molecule has 0 aromatic carbocycles. The molecule has 1 amide bonds. The van der Waals surface area contributed by atoms with Crippen molar-refractivity contribution in [2.75, 3.05) is 13.1 Å². The Bertz CT molecular complexity index is 893. The van der Waals surface area contributed by atoms with Gasteiger partial charge in [-0.2, -0.15) is 5.10 Å². The van der Waals surface area contributed by atoms with Crippen molar-refractivity contribution in [3.63, 3.8) is 0 Å². The van der Waals surface area contributed by atoms with E-state index in [1.54, 1.807) is 18.5 Å². The van der Waals surface area contributed by atoms with Crippen LogP contribution in [-0.2, 0) is 4.79 Å². The highest BCUT2D eigenvalue weighted by Gasteiger charge is 2.27. The molecule has 2 N–H and O–H groups in total. The minimum Gasteiger partial charge on any atom is -0.359 e. The minimum atomic E-state index is -0.248. The van der Waals surface area contributed by atoms with Crippen LogP contribution in [0.5, 0.6) is 0 Å². The lowest BCUT2D eigenvalue weighted by atomic mass is 10.0. The summed E-state index contributed by atoms with van der Waals surface area (Å²) in [4.78, 5) is 26.6. The Kier molecular flexibility index (Phi) is 5.51. The van der Waals surface area contributed by atoms with Crippen molar-refractivity contribution in [1.29, 1.82) is 0 Å². The second kappa shape index (κ2) is 7.84. The largest absolute Gasteiger partial charge is 0.359 e. The molecule has 27 heavy (non-hydrogen) atoms. The number of carbonyl (C=O) groups excluding carboxylic acids is 1. The molecule has 1 aliphatic heterocycles. The van der Waals surface area contributed by atoms with E-state index in [0.29, 0.717) is 23.2 Å². The molecule has 2 aromatic rings. The molecule has 0 saturated heterocycles. The number of hydrogen-bond donors (Lipinski definition) is 2. The number of nitrogens with one attached hydrogen (secondary N) is 2. The summed E-state index contributed by atoms with van der Waals surface area (Å²) in [5, 5.41) is 4.12. The zero-order valence-corrected chi connectivity index (χ0v) is 16.5. The number of nitrogens with zero attached hydrogens (tertiary/aromatic N) is 4. The van der Waals surface area contributed by atoms with Crippen molar-refractivity contribution in [3.05, 3.63) is 52.4 Å². The Morgan fingerprint density at radius 3 is 2.48 bits per heavy atom. The van der Waals surface area contributed by atoms with Crippen LogP contribution in [0.1, 0.15) is 55.2 Å². The maximum Gasteiger partial charge on any atom is 0.273 e. The third kappa shape index (κ3) is 3.55. The van der Waals surface area contributed by atoms with Crippen molar-refractivity contribution in [2.45, 2.75) is 40.7 Å². The number of hydrogen-bond acceptors (Lipinski definition) is 5. The summed E-state index contributed by atoms with van der Waals surface area (Å²) in [6, 6.07) is 2.03. The summed E-state index contributed by atoms with van der Waals surface area (Å²) in [7, 11) is 0. The van der Waals surface area contributed by atoms with E-state index in [4.69, 9.17) is 0 Å². The summed E-state index contributed by atoms with van der Waals surface area (Å²) in [6.45, 7) is 12.7. The van der Waals surface area contributed by atoms with Gasteiger partial charge in [-0.05, 0) is 57.1 Å². The molecule has 0 saturated carbocycles. The van der Waals surface area contributed by atoms with E-state index in [0.717, 1.165) is 30.0 Å². The number of H-pyrrole nitrogens is 1. The van der Waals surface area contributed by atoms with Crippen molar-refractivity contribution in [2.24, 2.45) is 5.10 Å². The molecule has 0 spiro atoms. The lowest BCUT2D eigenvalue weighted by molar-refractivity contribution is -0.116. The number of amides is 1. The second-order valence-corrected chi connectivity index (χ2v) is 6.63. The molecule has 0 radical (unpaired) electrons. The van der Waals surface area contributed by atoms with E-state index < -0.39 is 0 Å². The smallest absolute Gasteiger partial charge is 0.273 e. The number of aryl methyl sites for hydroxylation is 1. The Hall–Kier alpha value is -2.80. The first kappa shape index (κ1) is 19.0.